The van der Waals surface area contributed by atoms with Crippen LogP contribution in [0.2, 0.25) is 5.02 Å². The van der Waals surface area contributed by atoms with Crippen LogP contribution in [0.1, 0.15) is 39.7 Å². The van der Waals surface area contributed by atoms with Crippen LogP contribution in [0.25, 0.3) is 0 Å². The molecule has 0 N–H and O–H groups in total. The van der Waals surface area contributed by atoms with E-state index in [4.69, 9.17) is 11.6 Å². The van der Waals surface area contributed by atoms with Crippen LogP contribution in [0.3, 0.4) is 0 Å². The van der Waals surface area contributed by atoms with Gasteiger partial charge in [0.1, 0.15) is 0 Å². The first kappa shape index (κ1) is 19.8. The highest BCUT2D eigenvalue weighted by Crippen LogP contribution is 2.60. The van der Waals surface area contributed by atoms with Crippen LogP contribution in [0.5, 0.6) is 0 Å². The first-order chi connectivity index (χ1) is 16.0. The van der Waals surface area contributed by atoms with Crippen molar-refractivity contribution in [3.63, 3.8) is 0 Å². The third kappa shape index (κ3) is 2.72. The molecule has 1 fully saturated rings. The van der Waals surface area contributed by atoms with Crippen molar-refractivity contribution in [2.75, 3.05) is 0 Å². The Kier molecular flexibility index (Phi) is 4.25. The predicted molar refractivity (Wildman–Crippen MR) is 121 cm³/mol. The maximum Gasteiger partial charge on any atom is 0.270 e. The zero-order valence-corrected chi connectivity index (χ0v) is 17.8. The highest BCUT2D eigenvalue weighted by molar-refractivity contribution is 6.33. The second-order valence-corrected chi connectivity index (χ2v) is 8.87. The van der Waals surface area contributed by atoms with Crippen molar-refractivity contribution in [3.05, 3.63) is 110 Å². The molecular formula is C25H16ClN3O4. The number of carbonyl (C=O) groups is 2. The van der Waals surface area contributed by atoms with Crippen LogP contribution in [0.4, 0.5) is 5.69 Å². The molecular weight excluding hydrogens is 442 g/mol. The molecule has 0 radical (unpaired) electrons. The number of benzene rings is 3. The molecule has 0 aromatic heterocycles. The maximum absolute atomic E-state index is 13.5. The van der Waals surface area contributed by atoms with Crippen molar-refractivity contribution < 1.29 is 14.5 Å². The van der Waals surface area contributed by atoms with Crippen molar-refractivity contribution in [3.8, 4) is 0 Å². The quantitative estimate of drug-likeness (QED) is 0.251. The molecule has 7 rings (SSSR count). The number of nitrogens with zero attached hydrogens (tertiary/aromatic N) is 3. The molecule has 3 aliphatic carbocycles. The topological polar surface area (TPSA) is 92.9 Å². The number of hydrazone groups is 1. The molecule has 4 aliphatic rings. The summed E-state index contributed by atoms with van der Waals surface area (Å²) >= 11 is 6.16. The molecule has 1 saturated heterocycles. The SMILES string of the molecule is O=C1[C@H]2C3c4ccccc4C(c4ccccc43)[C@@H]2C(=O)N1/N=C\c1cc([N+](=O)[O-])ccc1Cl. The lowest BCUT2D eigenvalue weighted by atomic mass is 9.55. The number of nitro benzene ring substituents is 1. The fourth-order valence-electron chi connectivity index (χ4n) is 5.64. The van der Waals surface area contributed by atoms with Crippen molar-refractivity contribution in [2.24, 2.45) is 16.9 Å². The standard InChI is InChI=1S/C25H16ClN3O4/c26-19-10-9-14(29(32)33)11-13(19)12-27-28-24(30)22-20-15-5-1-2-6-16(15)21(23(22)25(28)31)18-8-4-3-7-17(18)20/h1-12,20-23H/b27-12-/t20?,21?,22-,23-/m0/s1. The summed E-state index contributed by atoms with van der Waals surface area (Å²) in [6.45, 7) is 0. The van der Waals surface area contributed by atoms with Crippen LogP contribution >= 0.6 is 11.6 Å². The Morgan fingerprint density at radius 1 is 0.848 bits per heavy atom. The number of halogens is 1. The Morgan fingerprint density at radius 3 is 1.79 bits per heavy atom. The van der Waals surface area contributed by atoms with E-state index in [-0.39, 0.29) is 39.9 Å². The monoisotopic (exact) mass is 457 g/mol. The molecule has 162 valence electrons. The van der Waals surface area contributed by atoms with E-state index in [0.717, 1.165) is 27.3 Å². The first-order valence-electron chi connectivity index (χ1n) is 10.5. The summed E-state index contributed by atoms with van der Waals surface area (Å²) < 4.78 is 0. The zero-order chi connectivity index (χ0) is 22.9. The van der Waals surface area contributed by atoms with Crippen LogP contribution in [0.15, 0.2) is 71.8 Å². The lowest BCUT2D eigenvalue weighted by molar-refractivity contribution is -0.384. The molecule has 2 atom stereocenters. The Balaban J connectivity index is 1.43. The van der Waals surface area contributed by atoms with Gasteiger partial charge in [-0.1, -0.05) is 60.1 Å². The molecule has 2 amide bonds. The third-order valence-corrected chi connectivity index (χ3v) is 7.27. The summed E-state index contributed by atoms with van der Waals surface area (Å²) in [5, 5.41) is 16.4. The molecule has 0 saturated carbocycles. The fraction of sp³-hybridized carbons (Fsp3) is 0.160. The summed E-state index contributed by atoms with van der Waals surface area (Å²) in [5.41, 5.74) is 4.42. The molecule has 3 aromatic rings. The molecule has 1 aliphatic heterocycles. The smallest absolute Gasteiger partial charge is 0.270 e. The summed E-state index contributed by atoms with van der Waals surface area (Å²) in [5.74, 6) is -2.23. The predicted octanol–water partition coefficient (Wildman–Crippen LogP) is 4.47. The number of imide groups is 1. The van der Waals surface area contributed by atoms with Gasteiger partial charge in [0.25, 0.3) is 17.5 Å². The Bertz CT molecular complexity index is 1290. The van der Waals surface area contributed by atoms with E-state index < -0.39 is 16.8 Å². The lowest BCUT2D eigenvalue weighted by Gasteiger charge is -2.45. The van der Waals surface area contributed by atoms with Gasteiger partial charge in [-0.25, -0.2) is 0 Å². The average Bonchev–Trinajstić information content (AvgIpc) is 3.08. The highest BCUT2D eigenvalue weighted by Gasteiger charge is 2.61. The largest absolute Gasteiger partial charge is 0.272 e. The van der Waals surface area contributed by atoms with Crippen molar-refractivity contribution >= 4 is 35.3 Å². The molecule has 2 bridgehead atoms. The highest BCUT2D eigenvalue weighted by atomic mass is 35.5. The first-order valence-corrected chi connectivity index (χ1v) is 10.9. The molecule has 0 unspecified atom stereocenters. The lowest BCUT2D eigenvalue weighted by Crippen LogP contribution is -2.41. The number of hydrogen-bond acceptors (Lipinski definition) is 5. The number of carbonyl (C=O) groups excluding carboxylic acids is 2. The minimum Gasteiger partial charge on any atom is -0.272 e. The van der Waals surface area contributed by atoms with Gasteiger partial charge < -0.3 is 0 Å². The van der Waals surface area contributed by atoms with Crippen LogP contribution < -0.4 is 0 Å². The van der Waals surface area contributed by atoms with Crippen molar-refractivity contribution in [1.29, 1.82) is 0 Å². The molecule has 0 spiro atoms. The molecule has 8 heteroatoms. The van der Waals surface area contributed by atoms with Crippen LogP contribution in [-0.2, 0) is 9.59 Å². The van der Waals surface area contributed by atoms with Gasteiger partial charge in [-0.2, -0.15) is 10.1 Å². The van der Waals surface area contributed by atoms with E-state index >= 15 is 0 Å². The number of hydrogen-bond donors (Lipinski definition) is 0. The molecule has 3 aromatic carbocycles. The minimum absolute atomic E-state index is 0.155. The minimum atomic E-state index is -0.541. The molecule has 1 heterocycles. The van der Waals surface area contributed by atoms with E-state index in [1.807, 2.05) is 48.5 Å². The second-order valence-electron chi connectivity index (χ2n) is 8.46. The van der Waals surface area contributed by atoms with Gasteiger partial charge in [0, 0.05) is 34.6 Å². The van der Waals surface area contributed by atoms with Gasteiger partial charge in [-0.3, -0.25) is 19.7 Å². The fourth-order valence-corrected chi connectivity index (χ4v) is 5.81. The van der Waals surface area contributed by atoms with Crippen LogP contribution in [0, 0.1) is 22.0 Å². The average molecular weight is 458 g/mol. The maximum atomic E-state index is 13.5. The number of non-ortho nitro benzene ring substituents is 1. The third-order valence-electron chi connectivity index (χ3n) is 6.93. The second kappa shape index (κ2) is 7.08. The van der Waals surface area contributed by atoms with Gasteiger partial charge in [0.15, 0.2) is 0 Å². The number of nitro groups is 1. The van der Waals surface area contributed by atoms with E-state index in [1.165, 1.54) is 24.4 Å². The van der Waals surface area contributed by atoms with Crippen molar-refractivity contribution in [2.45, 2.75) is 11.8 Å². The van der Waals surface area contributed by atoms with Crippen molar-refractivity contribution in [1.82, 2.24) is 5.01 Å². The Hall–Kier alpha value is -3.84. The van der Waals surface area contributed by atoms with Gasteiger partial charge >= 0.3 is 0 Å². The molecule has 7 nitrogen and oxygen atoms in total. The van der Waals surface area contributed by atoms with E-state index in [2.05, 4.69) is 5.10 Å². The Labute approximate surface area is 193 Å². The van der Waals surface area contributed by atoms with Gasteiger partial charge in [0.05, 0.1) is 23.0 Å². The van der Waals surface area contributed by atoms with Gasteiger partial charge in [-0.05, 0) is 28.3 Å². The van der Waals surface area contributed by atoms with Crippen LogP contribution in [-0.4, -0.2) is 28.0 Å². The van der Waals surface area contributed by atoms with E-state index in [9.17, 15) is 19.7 Å². The number of amides is 2. The van der Waals surface area contributed by atoms with Gasteiger partial charge in [-0.15, -0.1) is 0 Å². The summed E-state index contributed by atoms with van der Waals surface area (Å²) in [6.07, 6.45) is 1.24. The zero-order valence-electron chi connectivity index (χ0n) is 17.1. The number of rotatable bonds is 3. The molecule has 33 heavy (non-hydrogen) atoms. The van der Waals surface area contributed by atoms with E-state index in [0.29, 0.717) is 0 Å². The Morgan fingerprint density at radius 2 is 1.33 bits per heavy atom. The normalized spacial score (nSPS) is 24.7. The van der Waals surface area contributed by atoms with Gasteiger partial charge in [0.2, 0.25) is 0 Å². The summed E-state index contributed by atoms with van der Waals surface area (Å²) in [4.78, 5) is 37.5. The summed E-state index contributed by atoms with van der Waals surface area (Å²) in [7, 11) is 0. The summed E-state index contributed by atoms with van der Waals surface area (Å²) in [6, 6.07) is 19.9. The van der Waals surface area contributed by atoms with E-state index in [1.54, 1.807) is 0 Å².